The topological polar surface area (TPSA) is 32.3 Å². The molecule has 1 aliphatic rings. The van der Waals surface area contributed by atoms with Gasteiger partial charge in [-0.2, -0.15) is 18.2 Å². The zero-order valence-corrected chi connectivity index (χ0v) is 20.1. The van der Waals surface area contributed by atoms with Crippen LogP contribution in [0.5, 0.6) is 0 Å². The van der Waals surface area contributed by atoms with Crippen LogP contribution in [-0.2, 0) is 11.2 Å². The molecule has 0 aromatic heterocycles. The Morgan fingerprint density at radius 2 is 1.61 bits per heavy atom. The monoisotopic (exact) mass is 462 g/mol. The molecule has 33 heavy (non-hydrogen) atoms. The fourth-order valence-electron chi connectivity index (χ4n) is 5.00. The quantitative estimate of drug-likeness (QED) is 0.348. The minimum atomic E-state index is -4.52. The van der Waals surface area contributed by atoms with Gasteiger partial charge in [-0.15, -0.1) is 0 Å². The van der Waals surface area contributed by atoms with Crippen LogP contribution in [0.25, 0.3) is 10.8 Å². The molecule has 0 saturated carbocycles. The Labute approximate surface area is 195 Å². The smallest absolute Gasteiger partial charge is 0.287 e. The molecular weight excluding hydrogens is 425 g/mol. The predicted molar refractivity (Wildman–Crippen MR) is 128 cm³/mol. The van der Waals surface area contributed by atoms with Gasteiger partial charge in [0.05, 0.1) is 0 Å². The van der Waals surface area contributed by atoms with Crippen LogP contribution in [0.15, 0.2) is 36.4 Å². The highest BCUT2D eigenvalue weighted by Crippen LogP contribution is 2.45. The van der Waals surface area contributed by atoms with Gasteiger partial charge in [0.2, 0.25) is 5.91 Å². The molecule has 1 N–H and O–H groups in total. The number of carbonyl (C=O) groups excluding carboxylic acids is 1. The molecule has 1 fully saturated rings. The van der Waals surface area contributed by atoms with E-state index in [2.05, 4.69) is 12.3 Å². The molecule has 1 atom stereocenters. The van der Waals surface area contributed by atoms with Crippen LogP contribution in [0.2, 0.25) is 0 Å². The number of nitrogens with zero attached hydrogens (tertiary/aromatic N) is 1. The lowest BCUT2D eigenvalue weighted by Gasteiger charge is -2.39. The Morgan fingerprint density at radius 3 is 2.21 bits per heavy atom. The van der Waals surface area contributed by atoms with Crippen LogP contribution in [0.1, 0.15) is 95.7 Å². The summed E-state index contributed by atoms with van der Waals surface area (Å²) < 4.78 is 43.5. The average molecular weight is 463 g/mol. The maximum atomic E-state index is 14.5. The Morgan fingerprint density at radius 1 is 0.970 bits per heavy atom. The summed E-state index contributed by atoms with van der Waals surface area (Å²) in [5.74, 6) is -0.375. The Hall–Kier alpha value is -2.08. The summed E-state index contributed by atoms with van der Waals surface area (Å²) in [5, 5.41) is 2.94. The van der Waals surface area contributed by atoms with E-state index in [0.717, 1.165) is 40.6 Å². The normalized spacial score (nSPS) is 17.5. The van der Waals surface area contributed by atoms with Gasteiger partial charge in [0.15, 0.2) is 6.04 Å². The number of fused-ring (bicyclic) bond motifs is 1. The van der Waals surface area contributed by atoms with Crippen molar-refractivity contribution < 1.29 is 18.0 Å². The van der Waals surface area contributed by atoms with E-state index in [4.69, 9.17) is 0 Å². The third kappa shape index (κ3) is 6.28. The fraction of sp³-hybridized carbons (Fsp3) is 0.593. The lowest BCUT2D eigenvalue weighted by Crippen LogP contribution is -2.51. The summed E-state index contributed by atoms with van der Waals surface area (Å²) >= 11 is 0. The first-order chi connectivity index (χ1) is 15.6. The van der Waals surface area contributed by atoms with Gasteiger partial charge in [0, 0.05) is 12.0 Å². The molecule has 0 aliphatic carbocycles. The minimum Gasteiger partial charge on any atom is -0.287 e. The maximum absolute atomic E-state index is 14.5. The van der Waals surface area contributed by atoms with Crippen molar-refractivity contribution in [2.45, 2.75) is 103 Å². The molecule has 0 spiro atoms. The molecule has 1 saturated heterocycles. The number of hydrazine groups is 1. The van der Waals surface area contributed by atoms with Crippen molar-refractivity contribution in [3.63, 3.8) is 0 Å². The van der Waals surface area contributed by atoms with E-state index in [1.165, 1.54) is 32.1 Å². The van der Waals surface area contributed by atoms with Crippen molar-refractivity contribution in [2.75, 3.05) is 0 Å². The summed E-state index contributed by atoms with van der Waals surface area (Å²) in [5.41, 5.74) is 2.57. The van der Waals surface area contributed by atoms with Crippen molar-refractivity contribution in [3.05, 3.63) is 47.5 Å². The van der Waals surface area contributed by atoms with Gasteiger partial charge in [-0.25, -0.2) is 0 Å². The summed E-state index contributed by atoms with van der Waals surface area (Å²) in [7, 11) is 0. The number of benzene rings is 2. The highest BCUT2D eigenvalue weighted by atomic mass is 19.4. The zero-order valence-electron chi connectivity index (χ0n) is 20.1. The largest absolute Gasteiger partial charge is 0.409 e. The summed E-state index contributed by atoms with van der Waals surface area (Å²) in [4.78, 5) is 12.0. The Balaban J connectivity index is 1.88. The SMILES string of the molecule is CCCCCCCCCCc1c(C(N2NC(=O)CC2(C)C)C(F)(F)F)ccc2ccccc12. The van der Waals surface area contributed by atoms with Gasteiger partial charge < -0.3 is 0 Å². The number of unbranched alkanes of at least 4 members (excludes halogenated alkanes) is 7. The molecule has 1 unspecified atom stereocenters. The van der Waals surface area contributed by atoms with Gasteiger partial charge in [0.25, 0.3) is 0 Å². The number of amides is 1. The van der Waals surface area contributed by atoms with E-state index in [0.29, 0.717) is 6.42 Å². The number of alkyl halides is 3. The summed E-state index contributed by atoms with van der Waals surface area (Å²) in [6.07, 6.45) is 5.25. The molecule has 1 heterocycles. The molecule has 0 radical (unpaired) electrons. The number of nitrogens with one attached hydrogen (secondary N) is 1. The van der Waals surface area contributed by atoms with Crippen LogP contribution in [0.3, 0.4) is 0 Å². The molecule has 1 amide bonds. The lowest BCUT2D eigenvalue weighted by molar-refractivity contribution is -0.204. The first kappa shape index (κ1) is 25.5. The molecule has 3 nitrogen and oxygen atoms in total. The third-order valence-electron chi connectivity index (χ3n) is 6.71. The molecule has 6 heteroatoms. The number of aryl methyl sites for hydroxylation is 1. The average Bonchev–Trinajstić information content (AvgIpc) is 3.01. The third-order valence-corrected chi connectivity index (χ3v) is 6.71. The van der Waals surface area contributed by atoms with Crippen LogP contribution in [0.4, 0.5) is 13.2 Å². The van der Waals surface area contributed by atoms with Gasteiger partial charge in [0.1, 0.15) is 0 Å². The second kappa shape index (κ2) is 10.9. The number of hydrogen-bond acceptors (Lipinski definition) is 2. The van der Waals surface area contributed by atoms with Crippen LogP contribution in [0, 0.1) is 0 Å². The van der Waals surface area contributed by atoms with E-state index in [9.17, 15) is 18.0 Å². The fourth-order valence-corrected chi connectivity index (χ4v) is 5.00. The first-order valence-corrected chi connectivity index (χ1v) is 12.3. The molecule has 3 rings (SSSR count). The van der Waals surface area contributed by atoms with E-state index in [-0.39, 0.29) is 17.9 Å². The number of hydrogen-bond donors (Lipinski definition) is 1. The summed E-state index contributed by atoms with van der Waals surface area (Å²) in [6, 6.07) is 9.15. The van der Waals surface area contributed by atoms with E-state index >= 15 is 0 Å². The lowest BCUT2D eigenvalue weighted by atomic mass is 9.88. The van der Waals surface area contributed by atoms with Crippen LogP contribution in [-0.4, -0.2) is 22.6 Å². The zero-order chi connectivity index (χ0) is 24.1. The molecular formula is C27H37F3N2O. The highest BCUT2D eigenvalue weighted by Gasteiger charge is 2.53. The molecule has 182 valence electrons. The maximum Gasteiger partial charge on any atom is 0.409 e. The van der Waals surface area contributed by atoms with Gasteiger partial charge in [-0.3, -0.25) is 10.2 Å². The van der Waals surface area contributed by atoms with Crippen molar-refractivity contribution in [1.82, 2.24) is 10.4 Å². The highest BCUT2D eigenvalue weighted by molar-refractivity contribution is 5.87. The summed E-state index contributed by atoms with van der Waals surface area (Å²) in [6.45, 7) is 5.57. The van der Waals surface area contributed by atoms with Crippen LogP contribution >= 0.6 is 0 Å². The molecule has 2 aromatic carbocycles. The molecule has 0 bridgehead atoms. The van der Waals surface area contributed by atoms with Gasteiger partial charge in [-0.05, 0) is 48.6 Å². The number of rotatable bonds is 11. The van der Waals surface area contributed by atoms with Crippen molar-refractivity contribution in [1.29, 1.82) is 0 Å². The number of halogens is 3. The Kier molecular flexibility index (Phi) is 8.43. The van der Waals surface area contributed by atoms with E-state index in [1.807, 2.05) is 24.3 Å². The molecule has 1 aliphatic heterocycles. The van der Waals surface area contributed by atoms with Gasteiger partial charge in [-0.1, -0.05) is 88.3 Å². The van der Waals surface area contributed by atoms with Crippen molar-refractivity contribution in [3.8, 4) is 0 Å². The molecule has 2 aromatic rings. The number of carbonyl (C=O) groups is 1. The minimum absolute atomic E-state index is 0.0422. The van der Waals surface area contributed by atoms with Crippen molar-refractivity contribution >= 4 is 16.7 Å². The van der Waals surface area contributed by atoms with Gasteiger partial charge >= 0.3 is 6.18 Å². The second-order valence-electron chi connectivity index (χ2n) is 9.92. The standard InChI is InChI=1S/C27H37F3N2O/c1-4-5-6-7-8-9-10-11-16-22-21-15-13-12-14-20(21)17-18-23(22)25(27(28,29)30)32-26(2,3)19-24(33)31-32/h12-15,17-18,25H,4-11,16,19H2,1-3H3,(H,31,33). The van der Waals surface area contributed by atoms with Crippen LogP contribution < -0.4 is 5.43 Å². The Bertz CT molecular complexity index is 939. The van der Waals surface area contributed by atoms with E-state index < -0.39 is 17.8 Å². The first-order valence-electron chi connectivity index (χ1n) is 12.3. The van der Waals surface area contributed by atoms with Crippen molar-refractivity contribution in [2.24, 2.45) is 0 Å². The van der Waals surface area contributed by atoms with E-state index in [1.54, 1.807) is 26.0 Å². The second-order valence-corrected chi connectivity index (χ2v) is 9.92. The predicted octanol–water partition coefficient (Wildman–Crippen LogP) is 7.64.